The smallest absolute Gasteiger partial charge is 0.225 e. The van der Waals surface area contributed by atoms with Gasteiger partial charge in [0.05, 0.1) is 26.9 Å². The maximum absolute atomic E-state index is 12.3. The molecule has 0 spiro atoms. The average Bonchev–Trinajstić information content (AvgIpc) is 2.67. The van der Waals surface area contributed by atoms with Gasteiger partial charge in [-0.3, -0.25) is 4.79 Å². The van der Waals surface area contributed by atoms with Crippen LogP contribution >= 0.6 is 0 Å². The van der Waals surface area contributed by atoms with Crippen LogP contribution in [0.25, 0.3) is 0 Å². The van der Waals surface area contributed by atoms with Crippen LogP contribution in [0.1, 0.15) is 44.2 Å². The second-order valence-electron chi connectivity index (χ2n) is 6.91. The minimum atomic E-state index is -0.115. The summed E-state index contributed by atoms with van der Waals surface area (Å²) in [4.78, 5) is 12.3. The number of hydrogen-bond donors (Lipinski definition) is 1. The maximum Gasteiger partial charge on any atom is 0.225 e. The van der Waals surface area contributed by atoms with Gasteiger partial charge in [0.15, 0.2) is 23.0 Å². The van der Waals surface area contributed by atoms with Gasteiger partial charge >= 0.3 is 0 Å². The molecule has 0 aliphatic carbocycles. The van der Waals surface area contributed by atoms with Crippen LogP contribution in [-0.2, 0) is 4.79 Å². The second-order valence-corrected chi connectivity index (χ2v) is 6.91. The fourth-order valence-electron chi connectivity index (χ4n) is 3.45. The summed E-state index contributed by atoms with van der Waals surface area (Å²) in [5.74, 6) is 2.45. The average molecular weight is 385 g/mol. The first-order chi connectivity index (χ1) is 13.5. The van der Waals surface area contributed by atoms with Gasteiger partial charge in [-0.2, -0.15) is 0 Å². The Kier molecular flexibility index (Phi) is 5.97. The Hall–Kier alpha value is -2.89. The normalized spacial score (nSPS) is 15.6. The Morgan fingerprint density at radius 2 is 1.75 bits per heavy atom. The van der Waals surface area contributed by atoms with Gasteiger partial charge < -0.3 is 24.3 Å². The molecule has 0 bridgehead atoms. The van der Waals surface area contributed by atoms with Crippen LogP contribution in [0.5, 0.6) is 23.0 Å². The van der Waals surface area contributed by atoms with Crippen molar-refractivity contribution in [2.75, 3.05) is 26.1 Å². The van der Waals surface area contributed by atoms with Crippen molar-refractivity contribution in [2.24, 2.45) is 0 Å². The summed E-state index contributed by atoms with van der Waals surface area (Å²) in [6.45, 7) is 6.42. The molecule has 0 unspecified atom stereocenters. The van der Waals surface area contributed by atoms with Crippen molar-refractivity contribution in [2.45, 2.75) is 39.2 Å². The molecule has 1 atom stereocenters. The number of rotatable bonds is 7. The van der Waals surface area contributed by atoms with E-state index >= 15 is 0 Å². The number of hydrogen-bond acceptors (Lipinski definition) is 5. The van der Waals surface area contributed by atoms with E-state index < -0.39 is 0 Å². The summed E-state index contributed by atoms with van der Waals surface area (Å²) in [5.41, 5.74) is 2.71. The fourth-order valence-corrected chi connectivity index (χ4v) is 3.45. The molecule has 1 heterocycles. The van der Waals surface area contributed by atoms with Crippen LogP contribution in [0.15, 0.2) is 30.3 Å². The molecular weight excluding hydrogens is 358 g/mol. The van der Waals surface area contributed by atoms with Crippen molar-refractivity contribution in [1.29, 1.82) is 0 Å². The van der Waals surface area contributed by atoms with E-state index in [4.69, 9.17) is 18.9 Å². The standard InChI is InChI=1S/C22H27NO5/c1-6-27-21-9-14(7-8-18(21)28-13(2)3)15-11-22(24)23-17-12-20(26-5)19(25-4)10-16(15)17/h7-10,12-13,15H,6,11H2,1-5H3,(H,23,24)/t15-/m1/s1. The Balaban J connectivity index is 2.06. The number of carbonyl (C=O) groups excluding carboxylic acids is 1. The molecular formula is C22H27NO5. The molecule has 6 nitrogen and oxygen atoms in total. The largest absolute Gasteiger partial charge is 0.493 e. The molecule has 6 heteroatoms. The lowest BCUT2D eigenvalue weighted by Gasteiger charge is -2.28. The summed E-state index contributed by atoms with van der Waals surface area (Å²) >= 11 is 0. The van der Waals surface area contributed by atoms with Gasteiger partial charge in [-0.05, 0) is 50.1 Å². The zero-order valence-electron chi connectivity index (χ0n) is 17.0. The third kappa shape index (κ3) is 4.01. The Labute approximate surface area is 165 Å². The molecule has 0 radical (unpaired) electrons. The Morgan fingerprint density at radius 1 is 1.04 bits per heavy atom. The molecule has 2 aromatic carbocycles. The van der Waals surface area contributed by atoms with E-state index in [1.165, 1.54) is 0 Å². The summed E-state index contributed by atoms with van der Waals surface area (Å²) < 4.78 is 22.5. The zero-order chi connectivity index (χ0) is 20.3. The van der Waals surface area contributed by atoms with Gasteiger partial charge in [-0.25, -0.2) is 0 Å². The van der Waals surface area contributed by atoms with Crippen LogP contribution in [0.2, 0.25) is 0 Å². The summed E-state index contributed by atoms with van der Waals surface area (Å²) in [6, 6.07) is 9.59. The summed E-state index contributed by atoms with van der Waals surface area (Å²) in [6.07, 6.45) is 0.390. The molecule has 150 valence electrons. The number of anilines is 1. The molecule has 1 amide bonds. The number of benzene rings is 2. The Morgan fingerprint density at radius 3 is 2.39 bits per heavy atom. The van der Waals surface area contributed by atoms with Gasteiger partial charge in [-0.15, -0.1) is 0 Å². The second kappa shape index (κ2) is 8.42. The van der Waals surface area contributed by atoms with Gasteiger partial charge in [0.1, 0.15) is 0 Å². The first-order valence-electron chi connectivity index (χ1n) is 9.46. The number of methoxy groups -OCH3 is 2. The number of amides is 1. The van der Waals surface area contributed by atoms with Crippen LogP contribution in [0.3, 0.4) is 0 Å². The topological polar surface area (TPSA) is 66.0 Å². The van der Waals surface area contributed by atoms with E-state index in [2.05, 4.69) is 5.32 Å². The van der Waals surface area contributed by atoms with E-state index in [0.29, 0.717) is 36.0 Å². The number of nitrogens with one attached hydrogen (secondary N) is 1. The molecule has 0 fully saturated rings. The first kappa shape index (κ1) is 19.9. The molecule has 1 aliphatic heterocycles. The van der Waals surface area contributed by atoms with Crippen molar-refractivity contribution >= 4 is 11.6 Å². The van der Waals surface area contributed by atoms with Crippen LogP contribution in [0, 0.1) is 0 Å². The van der Waals surface area contributed by atoms with Gasteiger partial charge in [0.2, 0.25) is 5.91 Å². The van der Waals surface area contributed by atoms with Crippen molar-refractivity contribution in [3.05, 3.63) is 41.5 Å². The summed E-state index contributed by atoms with van der Waals surface area (Å²) in [5, 5.41) is 2.93. The zero-order valence-corrected chi connectivity index (χ0v) is 17.0. The highest BCUT2D eigenvalue weighted by Gasteiger charge is 2.29. The van der Waals surface area contributed by atoms with E-state index in [1.54, 1.807) is 20.3 Å². The van der Waals surface area contributed by atoms with Crippen LogP contribution in [-0.4, -0.2) is 32.8 Å². The summed E-state index contributed by atoms with van der Waals surface area (Å²) in [7, 11) is 3.18. The molecule has 0 aromatic heterocycles. The highest BCUT2D eigenvalue weighted by Crippen LogP contribution is 2.44. The molecule has 1 N–H and O–H groups in total. The van der Waals surface area contributed by atoms with Crippen molar-refractivity contribution in [3.8, 4) is 23.0 Å². The quantitative estimate of drug-likeness (QED) is 0.767. The van der Waals surface area contributed by atoms with E-state index in [9.17, 15) is 4.79 Å². The molecule has 1 aliphatic rings. The highest BCUT2D eigenvalue weighted by molar-refractivity contribution is 5.96. The molecule has 28 heavy (non-hydrogen) atoms. The third-order valence-electron chi connectivity index (χ3n) is 4.63. The van der Waals surface area contributed by atoms with E-state index in [1.807, 2.05) is 45.0 Å². The lowest BCUT2D eigenvalue weighted by molar-refractivity contribution is -0.116. The predicted octanol–water partition coefficient (Wildman–Crippen LogP) is 4.36. The fraction of sp³-hybridized carbons (Fsp3) is 0.409. The molecule has 0 saturated heterocycles. The minimum Gasteiger partial charge on any atom is -0.493 e. The predicted molar refractivity (Wildman–Crippen MR) is 108 cm³/mol. The van der Waals surface area contributed by atoms with Crippen molar-refractivity contribution in [3.63, 3.8) is 0 Å². The van der Waals surface area contributed by atoms with E-state index in [0.717, 1.165) is 16.8 Å². The minimum absolute atomic E-state index is 0.0369. The lowest BCUT2D eigenvalue weighted by atomic mass is 9.84. The van der Waals surface area contributed by atoms with Crippen molar-refractivity contribution < 1.29 is 23.7 Å². The van der Waals surface area contributed by atoms with E-state index in [-0.39, 0.29) is 17.9 Å². The number of carbonyl (C=O) groups is 1. The molecule has 3 rings (SSSR count). The first-order valence-corrected chi connectivity index (χ1v) is 9.46. The molecule has 0 saturated carbocycles. The van der Waals surface area contributed by atoms with Gasteiger partial charge in [-0.1, -0.05) is 6.07 Å². The third-order valence-corrected chi connectivity index (χ3v) is 4.63. The Bertz CT molecular complexity index is 862. The molecule has 2 aromatic rings. The monoisotopic (exact) mass is 385 g/mol. The SMILES string of the molecule is CCOc1cc([C@H]2CC(=O)Nc3cc(OC)c(OC)cc32)ccc1OC(C)C. The van der Waals surface area contributed by atoms with Crippen LogP contribution in [0.4, 0.5) is 5.69 Å². The van der Waals surface area contributed by atoms with Gasteiger partial charge in [0.25, 0.3) is 0 Å². The van der Waals surface area contributed by atoms with Crippen LogP contribution < -0.4 is 24.3 Å². The maximum atomic E-state index is 12.3. The van der Waals surface area contributed by atoms with Gasteiger partial charge in [0, 0.05) is 24.1 Å². The number of fused-ring (bicyclic) bond motifs is 1. The lowest BCUT2D eigenvalue weighted by Crippen LogP contribution is -2.23. The van der Waals surface area contributed by atoms with Crippen molar-refractivity contribution in [1.82, 2.24) is 0 Å². The highest BCUT2D eigenvalue weighted by atomic mass is 16.5. The number of ether oxygens (including phenoxy) is 4.